The predicted molar refractivity (Wildman–Crippen MR) is 63.4 cm³/mol. The molecule has 1 aliphatic rings. The summed E-state index contributed by atoms with van der Waals surface area (Å²) in [5.41, 5.74) is 0. The van der Waals surface area contributed by atoms with E-state index in [1.807, 2.05) is 6.07 Å². The second-order valence-electron chi connectivity index (χ2n) is 4.04. The van der Waals surface area contributed by atoms with Crippen LogP contribution in [0.5, 0.6) is 0 Å². The molecule has 0 radical (unpaired) electrons. The van der Waals surface area contributed by atoms with Crippen LogP contribution in [0.1, 0.15) is 25.6 Å². The average Bonchev–Trinajstić information content (AvgIpc) is 2.69. The number of halogens is 1. The van der Waals surface area contributed by atoms with Gasteiger partial charge in [-0.25, -0.2) is 0 Å². The van der Waals surface area contributed by atoms with E-state index in [2.05, 4.69) is 30.1 Å². The third-order valence-corrected chi connectivity index (χ3v) is 2.90. The molecule has 1 aliphatic heterocycles. The molecule has 4 heteroatoms. The van der Waals surface area contributed by atoms with Crippen LogP contribution >= 0.6 is 12.4 Å². The molecule has 0 spiro atoms. The van der Waals surface area contributed by atoms with Crippen LogP contribution in [0.2, 0.25) is 0 Å². The van der Waals surface area contributed by atoms with Crippen LogP contribution in [0.4, 0.5) is 0 Å². The molecular formula is C11H19ClN2O. The largest absolute Gasteiger partial charge is 0.468 e. The van der Waals surface area contributed by atoms with Gasteiger partial charge in [-0.3, -0.25) is 4.90 Å². The minimum atomic E-state index is 0. The van der Waals surface area contributed by atoms with E-state index in [0.717, 1.165) is 25.4 Å². The Labute approximate surface area is 97.2 Å². The highest BCUT2D eigenvalue weighted by Gasteiger charge is 2.22. The number of piperazine rings is 1. The van der Waals surface area contributed by atoms with E-state index in [4.69, 9.17) is 4.42 Å². The first-order valence-corrected chi connectivity index (χ1v) is 5.28. The maximum absolute atomic E-state index is 5.42. The molecule has 2 heterocycles. The van der Waals surface area contributed by atoms with Crippen LogP contribution in [0.25, 0.3) is 0 Å². The molecule has 1 aromatic heterocycles. The Kier molecular flexibility index (Phi) is 4.64. The Balaban J connectivity index is 0.00000112. The van der Waals surface area contributed by atoms with Crippen LogP contribution in [0.15, 0.2) is 22.8 Å². The van der Waals surface area contributed by atoms with Crippen molar-refractivity contribution in [3.05, 3.63) is 24.2 Å². The van der Waals surface area contributed by atoms with Gasteiger partial charge >= 0.3 is 0 Å². The van der Waals surface area contributed by atoms with Crippen molar-refractivity contribution in [3.8, 4) is 0 Å². The number of hydrogen-bond acceptors (Lipinski definition) is 3. The summed E-state index contributed by atoms with van der Waals surface area (Å²) in [5.74, 6) is 1.07. The standard InChI is InChI=1S/C11H18N2O.ClH/c1-9-8-13(6-5-12-9)10(2)11-4-3-7-14-11;/h3-4,7,9-10,12H,5-6,8H2,1-2H3;1H. The van der Waals surface area contributed by atoms with Gasteiger partial charge in [-0.1, -0.05) is 0 Å². The van der Waals surface area contributed by atoms with Gasteiger partial charge in [0.25, 0.3) is 0 Å². The zero-order chi connectivity index (χ0) is 9.97. The van der Waals surface area contributed by atoms with Gasteiger partial charge in [0, 0.05) is 25.7 Å². The van der Waals surface area contributed by atoms with Crippen molar-refractivity contribution < 1.29 is 4.42 Å². The minimum absolute atomic E-state index is 0. The smallest absolute Gasteiger partial charge is 0.120 e. The molecule has 1 aromatic rings. The van der Waals surface area contributed by atoms with Gasteiger partial charge in [-0.2, -0.15) is 0 Å². The quantitative estimate of drug-likeness (QED) is 0.843. The lowest BCUT2D eigenvalue weighted by atomic mass is 10.1. The molecule has 0 bridgehead atoms. The third-order valence-electron chi connectivity index (χ3n) is 2.90. The van der Waals surface area contributed by atoms with Gasteiger partial charge in [0.2, 0.25) is 0 Å². The Hall–Kier alpha value is -0.510. The Bertz CT molecular complexity index is 276. The monoisotopic (exact) mass is 230 g/mol. The Morgan fingerprint density at radius 2 is 2.40 bits per heavy atom. The molecule has 1 fully saturated rings. The molecule has 3 nitrogen and oxygen atoms in total. The van der Waals surface area contributed by atoms with Crippen LogP contribution < -0.4 is 5.32 Å². The molecule has 1 N–H and O–H groups in total. The maximum Gasteiger partial charge on any atom is 0.120 e. The SMILES string of the molecule is CC1CN(C(C)c2ccco2)CCN1.Cl. The van der Waals surface area contributed by atoms with Crippen molar-refractivity contribution in [2.75, 3.05) is 19.6 Å². The highest BCUT2D eigenvalue weighted by molar-refractivity contribution is 5.85. The first-order chi connectivity index (χ1) is 6.77. The molecule has 2 atom stereocenters. The van der Waals surface area contributed by atoms with Gasteiger partial charge in [0.15, 0.2) is 0 Å². The predicted octanol–water partition coefficient (Wildman–Crippen LogP) is 2.06. The molecule has 15 heavy (non-hydrogen) atoms. The fourth-order valence-electron chi connectivity index (χ4n) is 2.02. The molecule has 0 aromatic carbocycles. The maximum atomic E-state index is 5.42. The lowest BCUT2D eigenvalue weighted by molar-refractivity contribution is 0.143. The molecule has 1 saturated heterocycles. The van der Waals surface area contributed by atoms with E-state index >= 15 is 0 Å². The molecule has 2 unspecified atom stereocenters. The van der Waals surface area contributed by atoms with E-state index in [1.165, 1.54) is 0 Å². The van der Waals surface area contributed by atoms with Crippen molar-refractivity contribution in [2.45, 2.75) is 25.9 Å². The summed E-state index contributed by atoms with van der Waals surface area (Å²) in [5, 5.41) is 3.44. The van der Waals surface area contributed by atoms with Crippen LogP contribution in [0.3, 0.4) is 0 Å². The zero-order valence-corrected chi connectivity index (χ0v) is 10.1. The van der Waals surface area contributed by atoms with Crippen molar-refractivity contribution >= 4 is 12.4 Å². The van der Waals surface area contributed by atoms with E-state index in [9.17, 15) is 0 Å². The van der Waals surface area contributed by atoms with Crippen molar-refractivity contribution in [3.63, 3.8) is 0 Å². The second kappa shape index (κ2) is 5.54. The number of nitrogens with zero attached hydrogens (tertiary/aromatic N) is 1. The number of rotatable bonds is 2. The first-order valence-electron chi connectivity index (χ1n) is 5.28. The van der Waals surface area contributed by atoms with Gasteiger partial charge in [-0.05, 0) is 26.0 Å². The molecule has 2 rings (SSSR count). The topological polar surface area (TPSA) is 28.4 Å². The second-order valence-corrected chi connectivity index (χ2v) is 4.04. The normalized spacial score (nSPS) is 24.5. The number of furan rings is 1. The molecular weight excluding hydrogens is 212 g/mol. The fraction of sp³-hybridized carbons (Fsp3) is 0.636. The summed E-state index contributed by atoms with van der Waals surface area (Å²) in [7, 11) is 0. The Morgan fingerprint density at radius 1 is 1.60 bits per heavy atom. The summed E-state index contributed by atoms with van der Waals surface area (Å²) in [6, 6.07) is 4.99. The van der Waals surface area contributed by atoms with E-state index in [0.29, 0.717) is 12.1 Å². The summed E-state index contributed by atoms with van der Waals surface area (Å²) in [4.78, 5) is 2.46. The molecule has 0 amide bonds. The summed E-state index contributed by atoms with van der Waals surface area (Å²) >= 11 is 0. The highest BCUT2D eigenvalue weighted by atomic mass is 35.5. The van der Waals surface area contributed by atoms with Crippen molar-refractivity contribution in [1.82, 2.24) is 10.2 Å². The third kappa shape index (κ3) is 2.97. The zero-order valence-electron chi connectivity index (χ0n) is 9.27. The lowest BCUT2D eigenvalue weighted by Gasteiger charge is -2.35. The Morgan fingerprint density at radius 3 is 3.00 bits per heavy atom. The number of hydrogen-bond donors (Lipinski definition) is 1. The lowest BCUT2D eigenvalue weighted by Crippen LogP contribution is -2.49. The average molecular weight is 231 g/mol. The van der Waals surface area contributed by atoms with Crippen LogP contribution in [0, 0.1) is 0 Å². The van der Waals surface area contributed by atoms with Crippen molar-refractivity contribution in [1.29, 1.82) is 0 Å². The van der Waals surface area contributed by atoms with E-state index in [1.54, 1.807) is 6.26 Å². The van der Waals surface area contributed by atoms with Crippen molar-refractivity contribution in [2.24, 2.45) is 0 Å². The van der Waals surface area contributed by atoms with E-state index in [-0.39, 0.29) is 12.4 Å². The van der Waals surface area contributed by atoms with Gasteiger partial charge in [0.1, 0.15) is 5.76 Å². The fourth-order valence-corrected chi connectivity index (χ4v) is 2.02. The minimum Gasteiger partial charge on any atom is -0.468 e. The summed E-state index contributed by atoms with van der Waals surface area (Å²) in [6.07, 6.45) is 1.75. The van der Waals surface area contributed by atoms with Crippen LogP contribution in [-0.4, -0.2) is 30.6 Å². The van der Waals surface area contributed by atoms with Gasteiger partial charge in [-0.15, -0.1) is 12.4 Å². The van der Waals surface area contributed by atoms with E-state index < -0.39 is 0 Å². The summed E-state index contributed by atoms with van der Waals surface area (Å²) < 4.78 is 5.42. The summed E-state index contributed by atoms with van der Waals surface area (Å²) in [6.45, 7) is 7.71. The van der Waals surface area contributed by atoms with Gasteiger partial charge in [0.05, 0.1) is 12.3 Å². The first kappa shape index (κ1) is 12.6. The highest BCUT2D eigenvalue weighted by Crippen LogP contribution is 2.21. The molecule has 0 aliphatic carbocycles. The molecule has 86 valence electrons. The number of nitrogens with one attached hydrogen (secondary N) is 1. The van der Waals surface area contributed by atoms with Crippen LogP contribution in [-0.2, 0) is 0 Å². The molecule has 0 saturated carbocycles. The van der Waals surface area contributed by atoms with Gasteiger partial charge < -0.3 is 9.73 Å².